The number of amides is 1. The van der Waals surface area contributed by atoms with Gasteiger partial charge in [0, 0.05) is 23.8 Å². The fourth-order valence-electron chi connectivity index (χ4n) is 2.37. The van der Waals surface area contributed by atoms with E-state index in [1.54, 1.807) is 24.3 Å². The Kier molecular flexibility index (Phi) is 5.41. The lowest BCUT2D eigenvalue weighted by atomic mass is 10.2. The van der Waals surface area contributed by atoms with E-state index in [1.165, 1.54) is 19.5 Å². The van der Waals surface area contributed by atoms with Crippen LogP contribution in [0, 0.1) is 6.92 Å². The van der Waals surface area contributed by atoms with Crippen molar-refractivity contribution in [2.75, 3.05) is 17.7 Å². The molecule has 0 aliphatic carbocycles. The molecule has 0 unspecified atom stereocenters. The topological polar surface area (TPSA) is 93.2 Å². The monoisotopic (exact) mass is 362 g/mol. The molecule has 0 spiro atoms. The SMILES string of the molecule is COC(=O)c1ccc(Nc2ncc(C(=O)Nc3cccc(C)c3)cn2)cc1. The lowest BCUT2D eigenvalue weighted by molar-refractivity contribution is 0.0600. The highest BCUT2D eigenvalue weighted by atomic mass is 16.5. The molecule has 1 aromatic heterocycles. The van der Waals surface area contributed by atoms with Crippen LogP contribution < -0.4 is 10.6 Å². The van der Waals surface area contributed by atoms with Crippen LogP contribution in [-0.4, -0.2) is 29.0 Å². The standard InChI is InChI=1S/C20H18N4O3/c1-13-4-3-5-17(10-13)23-18(25)15-11-21-20(22-12-15)24-16-8-6-14(7-9-16)19(26)27-2/h3-12H,1-2H3,(H,23,25)(H,21,22,24). The molecule has 3 aromatic rings. The van der Waals surface area contributed by atoms with Crippen LogP contribution in [0.15, 0.2) is 60.9 Å². The van der Waals surface area contributed by atoms with E-state index in [0.29, 0.717) is 28.5 Å². The van der Waals surface area contributed by atoms with Crippen LogP contribution >= 0.6 is 0 Å². The predicted octanol–water partition coefficient (Wildman–Crippen LogP) is 3.57. The first-order chi connectivity index (χ1) is 13.0. The first kappa shape index (κ1) is 18.1. The summed E-state index contributed by atoms with van der Waals surface area (Å²) < 4.78 is 4.66. The highest BCUT2D eigenvalue weighted by Crippen LogP contribution is 2.15. The van der Waals surface area contributed by atoms with Gasteiger partial charge in [0.2, 0.25) is 5.95 Å². The second-order valence-electron chi connectivity index (χ2n) is 5.81. The molecule has 0 fully saturated rings. The van der Waals surface area contributed by atoms with Crippen molar-refractivity contribution in [3.63, 3.8) is 0 Å². The van der Waals surface area contributed by atoms with E-state index in [4.69, 9.17) is 0 Å². The number of nitrogens with one attached hydrogen (secondary N) is 2. The van der Waals surface area contributed by atoms with Crippen LogP contribution in [0.1, 0.15) is 26.3 Å². The summed E-state index contributed by atoms with van der Waals surface area (Å²) in [6, 6.07) is 14.2. The first-order valence-corrected chi connectivity index (χ1v) is 8.20. The molecule has 0 saturated heterocycles. The minimum absolute atomic E-state index is 0.283. The maximum absolute atomic E-state index is 12.3. The number of nitrogens with zero attached hydrogens (tertiary/aromatic N) is 2. The smallest absolute Gasteiger partial charge is 0.337 e. The number of ether oxygens (including phenoxy) is 1. The third kappa shape index (κ3) is 4.66. The minimum atomic E-state index is -0.401. The maximum atomic E-state index is 12.3. The summed E-state index contributed by atoms with van der Waals surface area (Å²) in [5.41, 5.74) is 3.28. The van der Waals surface area contributed by atoms with Gasteiger partial charge in [-0.2, -0.15) is 0 Å². The molecule has 0 radical (unpaired) electrons. The van der Waals surface area contributed by atoms with Crippen LogP contribution in [0.5, 0.6) is 0 Å². The van der Waals surface area contributed by atoms with Gasteiger partial charge < -0.3 is 15.4 Å². The Bertz CT molecular complexity index is 954. The lowest BCUT2D eigenvalue weighted by Crippen LogP contribution is -2.13. The Hall–Kier alpha value is -3.74. The predicted molar refractivity (Wildman–Crippen MR) is 102 cm³/mol. The molecular weight excluding hydrogens is 344 g/mol. The lowest BCUT2D eigenvalue weighted by Gasteiger charge is -2.07. The van der Waals surface area contributed by atoms with E-state index in [1.807, 2.05) is 31.2 Å². The summed E-state index contributed by atoms with van der Waals surface area (Å²) in [5.74, 6) is -0.343. The van der Waals surface area contributed by atoms with Gasteiger partial charge in [-0.15, -0.1) is 0 Å². The normalized spacial score (nSPS) is 10.1. The zero-order valence-corrected chi connectivity index (χ0v) is 14.9. The van der Waals surface area contributed by atoms with E-state index < -0.39 is 5.97 Å². The Labute approximate surface area is 156 Å². The summed E-state index contributed by atoms with van der Waals surface area (Å²) in [4.78, 5) is 32.0. The summed E-state index contributed by atoms with van der Waals surface area (Å²) in [7, 11) is 1.33. The number of carbonyl (C=O) groups is 2. The third-order valence-electron chi connectivity index (χ3n) is 3.75. The van der Waals surface area contributed by atoms with Crippen molar-refractivity contribution in [1.29, 1.82) is 0 Å². The maximum Gasteiger partial charge on any atom is 0.337 e. The van der Waals surface area contributed by atoms with E-state index in [2.05, 4.69) is 25.3 Å². The fourth-order valence-corrected chi connectivity index (χ4v) is 2.37. The molecule has 0 aliphatic rings. The number of benzene rings is 2. The fraction of sp³-hybridized carbons (Fsp3) is 0.100. The Morgan fingerprint density at radius 2 is 1.63 bits per heavy atom. The molecule has 1 heterocycles. The molecular formula is C20H18N4O3. The molecule has 0 bridgehead atoms. The van der Waals surface area contributed by atoms with Crippen molar-refractivity contribution in [3.05, 3.63) is 77.6 Å². The zero-order valence-electron chi connectivity index (χ0n) is 14.9. The van der Waals surface area contributed by atoms with Crippen molar-refractivity contribution in [1.82, 2.24) is 9.97 Å². The number of hydrogen-bond donors (Lipinski definition) is 2. The number of anilines is 3. The molecule has 0 aliphatic heterocycles. The van der Waals surface area contributed by atoms with E-state index in [9.17, 15) is 9.59 Å². The molecule has 1 amide bonds. The van der Waals surface area contributed by atoms with Gasteiger partial charge in [0.1, 0.15) is 0 Å². The second kappa shape index (κ2) is 8.09. The van der Waals surface area contributed by atoms with Gasteiger partial charge in [0.15, 0.2) is 0 Å². The van der Waals surface area contributed by atoms with Gasteiger partial charge in [-0.05, 0) is 48.9 Å². The highest BCUT2D eigenvalue weighted by molar-refractivity contribution is 6.03. The van der Waals surface area contributed by atoms with Crippen LogP contribution in [0.25, 0.3) is 0 Å². The molecule has 2 N–H and O–H groups in total. The molecule has 136 valence electrons. The van der Waals surface area contributed by atoms with E-state index in [-0.39, 0.29) is 5.91 Å². The van der Waals surface area contributed by atoms with Crippen molar-refractivity contribution in [3.8, 4) is 0 Å². The average Bonchev–Trinajstić information content (AvgIpc) is 2.68. The largest absolute Gasteiger partial charge is 0.465 e. The molecule has 7 nitrogen and oxygen atoms in total. The number of aryl methyl sites for hydroxylation is 1. The summed E-state index contributed by atoms with van der Waals surface area (Å²) in [6.45, 7) is 1.96. The number of rotatable bonds is 5. The van der Waals surface area contributed by atoms with Crippen LogP contribution in [0.2, 0.25) is 0 Å². The number of aromatic nitrogens is 2. The van der Waals surface area contributed by atoms with Gasteiger partial charge in [-0.3, -0.25) is 4.79 Å². The van der Waals surface area contributed by atoms with Gasteiger partial charge in [0.25, 0.3) is 5.91 Å². The van der Waals surface area contributed by atoms with Gasteiger partial charge >= 0.3 is 5.97 Å². The van der Waals surface area contributed by atoms with Crippen LogP contribution in [0.3, 0.4) is 0 Å². The summed E-state index contributed by atoms with van der Waals surface area (Å²) in [5, 5.41) is 5.81. The molecule has 7 heteroatoms. The quantitative estimate of drug-likeness (QED) is 0.674. The van der Waals surface area contributed by atoms with Crippen molar-refractivity contribution >= 4 is 29.2 Å². The second-order valence-corrected chi connectivity index (χ2v) is 5.81. The number of carbonyl (C=O) groups excluding carboxylic acids is 2. The highest BCUT2D eigenvalue weighted by Gasteiger charge is 2.09. The van der Waals surface area contributed by atoms with Crippen molar-refractivity contribution < 1.29 is 14.3 Å². The molecule has 27 heavy (non-hydrogen) atoms. The molecule has 2 aromatic carbocycles. The zero-order chi connectivity index (χ0) is 19.2. The van der Waals surface area contributed by atoms with E-state index >= 15 is 0 Å². The number of esters is 1. The third-order valence-corrected chi connectivity index (χ3v) is 3.75. The average molecular weight is 362 g/mol. The van der Waals surface area contributed by atoms with E-state index in [0.717, 1.165) is 5.56 Å². The molecule has 3 rings (SSSR count). The number of methoxy groups -OCH3 is 1. The summed E-state index contributed by atoms with van der Waals surface area (Å²) in [6.07, 6.45) is 2.90. The minimum Gasteiger partial charge on any atom is -0.465 e. The Balaban J connectivity index is 1.64. The molecule has 0 saturated carbocycles. The molecule has 0 atom stereocenters. The Morgan fingerprint density at radius 1 is 0.926 bits per heavy atom. The van der Waals surface area contributed by atoms with Gasteiger partial charge in [-0.25, -0.2) is 14.8 Å². The van der Waals surface area contributed by atoms with Crippen molar-refractivity contribution in [2.24, 2.45) is 0 Å². The first-order valence-electron chi connectivity index (χ1n) is 8.20. The van der Waals surface area contributed by atoms with Gasteiger partial charge in [-0.1, -0.05) is 12.1 Å². The van der Waals surface area contributed by atoms with Gasteiger partial charge in [0.05, 0.1) is 18.2 Å². The van der Waals surface area contributed by atoms with Crippen LogP contribution in [-0.2, 0) is 4.74 Å². The van der Waals surface area contributed by atoms with Crippen LogP contribution in [0.4, 0.5) is 17.3 Å². The Morgan fingerprint density at radius 3 is 2.26 bits per heavy atom. The summed E-state index contributed by atoms with van der Waals surface area (Å²) >= 11 is 0. The van der Waals surface area contributed by atoms with Crippen molar-refractivity contribution in [2.45, 2.75) is 6.92 Å². The number of hydrogen-bond acceptors (Lipinski definition) is 6.